The van der Waals surface area contributed by atoms with Gasteiger partial charge in [-0.25, -0.2) is 14.3 Å². The predicted octanol–water partition coefficient (Wildman–Crippen LogP) is 1.73. The Kier molecular flexibility index (Phi) is 4.83. The summed E-state index contributed by atoms with van der Waals surface area (Å²) in [6, 6.07) is 10.4. The highest BCUT2D eigenvalue weighted by atomic mass is 16.4. The summed E-state index contributed by atoms with van der Waals surface area (Å²) in [4.78, 5) is 27.9. The van der Waals surface area contributed by atoms with Crippen molar-refractivity contribution < 1.29 is 9.90 Å². The van der Waals surface area contributed by atoms with Crippen LogP contribution in [0, 0.1) is 5.41 Å². The number of hydrogen-bond donors (Lipinski definition) is 3. The molecule has 134 valence electrons. The molecular weight excluding hydrogens is 334 g/mol. The predicted molar refractivity (Wildman–Crippen MR) is 97.8 cm³/mol. The number of carbonyl (C=O) groups is 1. The van der Waals surface area contributed by atoms with E-state index in [0.29, 0.717) is 41.8 Å². The first-order valence-electron chi connectivity index (χ1n) is 8.22. The van der Waals surface area contributed by atoms with Crippen molar-refractivity contribution in [3.05, 3.63) is 58.6 Å². The summed E-state index contributed by atoms with van der Waals surface area (Å²) in [5.41, 5.74) is 7.68. The van der Waals surface area contributed by atoms with Crippen LogP contribution in [0.25, 0.3) is 16.9 Å². The molecule has 1 aromatic carbocycles. The van der Waals surface area contributed by atoms with Gasteiger partial charge in [0.05, 0.1) is 11.2 Å². The Hall–Kier alpha value is -3.42. The first kappa shape index (κ1) is 17.4. The molecule has 8 heteroatoms. The van der Waals surface area contributed by atoms with E-state index >= 15 is 0 Å². The molecule has 0 unspecified atom stereocenters. The van der Waals surface area contributed by atoms with Gasteiger partial charge < -0.3 is 10.8 Å². The number of nitrogens with one attached hydrogen (secondary N) is 1. The van der Waals surface area contributed by atoms with Gasteiger partial charge in [0.2, 0.25) is 0 Å². The fraction of sp³-hybridized carbons (Fsp3) is 0.222. The quantitative estimate of drug-likeness (QED) is 0.339. The van der Waals surface area contributed by atoms with Crippen LogP contribution in [0.15, 0.2) is 47.4 Å². The molecule has 8 nitrogen and oxygen atoms in total. The first-order chi connectivity index (χ1) is 12.5. The number of fused-ring (bicyclic) bond motifs is 1. The molecule has 0 amide bonds. The molecule has 0 saturated heterocycles. The number of nitrogens with two attached hydrogens (primary N) is 1. The molecule has 0 radical (unpaired) electrons. The van der Waals surface area contributed by atoms with E-state index in [4.69, 9.17) is 16.2 Å². The summed E-state index contributed by atoms with van der Waals surface area (Å²) in [5.74, 6) is -0.880. The number of hydrogen-bond acceptors (Lipinski definition) is 4. The Labute approximate surface area is 149 Å². The van der Waals surface area contributed by atoms with E-state index in [2.05, 4.69) is 4.98 Å². The zero-order chi connectivity index (χ0) is 18.7. The Bertz CT molecular complexity index is 1020. The Morgan fingerprint density at radius 2 is 1.92 bits per heavy atom. The maximum Gasteiger partial charge on any atom is 0.334 e. The number of benzene rings is 1. The summed E-state index contributed by atoms with van der Waals surface area (Å²) in [7, 11) is 0. The van der Waals surface area contributed by atoms with Gasteiger partial charge in [0.25, 0.3) is 0 Å². The van der Waals surface area contributed by atoms with Gasteiger partial charge in [-0.15, -0.1) is 0 Å². The number of nitrogens with zero attached hydrogens (tertiary/aromatic N) is 3. The molecule has 0 aliphatic heterocycles. The summed E-state index contributed by atoms with van der Waals surface area (Å²) in [5, 5.41) is 16.2. The number of carboxylic acids is 1. The van der Waals surface area contributed by atoms with Gasteiger partial charge >= 0.3 is 11.7 Å². The molecule has 3 aromatic rings. The highest BCUT2D eigenvalue weighted by molar-refractivity contribution is 5.95. The lowest BCUT2D eigenvalue weighted by Gasteiger charge is -2.04. The molecule has 3 rings (SSSR count). The van der Waals surface area contributed by atoms with E-state index in [-0.39, 0.29) is 17.9 Å². The summed E-state index contributed by atoms with van der Waals surface area (Å²) >= 11 is 0. The molecule has 0 fully saturated rings. The van der Waals surface area contributed by atoms with E-state index in [1.54, 1.807) is 41.1 Å². The van der Waals surface area contributed by atoms with Crippen LogP contribution in [0.3, 0.4) is 0 Å². The lowest BCUT2D eigenvalue weighted by Crippen LogP contribution is -2.23. The lowest BCUT2D eigenvalue weighted by molar-refractivity contribution is -0.137. The first-order valence-corrected chi connectivity index (χ1v) is 8.22. The van der Waals surface area contributed by atoms with E-state index in [1.165, 1.54) is 4.57 Å². The Morgan fingerprint density at radius 1 is 1.19 bits per heavy atom. The number of pyridine rings is 1. The van der Waals surface area contributed by atoms with Crippen molar-refractivity contribution in [3.63, 3.8) is 0 Å². The molecule has 2 heterocycles. The lowest BCUT2D eigenvalue weighted by atomic mass is 10.2. The fourth-order valence-electron chi connectivity index (χ4n) is 2.87. The van der Waals surface area contributed by atoms with Crippen LogP contribution < -0.4 is 11.4 Å². The molecule has 0 spiro atoms. The number of imidazole rings is 1. The number of aromatic nitrogens is 3. The monoisotopic (exact) mass is 353 g/mol. The molecule has 0 aliphatic rings. The molecule has 26 heavy (non-hydrogen) atoms. The van der Waals surface area contributed by atoms with Gasteiger partial charge in [-0.1, -0.05) is 0 Å². The van der Waals surface area contributed by atoms with E-state index in [1.807, 2.05) is 6.07 Å². The van der Waals surface area contributed by atoms with Crippen molar-refractivity contribution in [2.45, 2.75) is 25.8 Å². The molecule has 0 bridgehead atoms. The largest absolute Gasteiger partial charge is 0.481 e. The highest BCUT2D eigenvalue weighted by Gasteiger charge is 2.15. The van der Waals surface area contributed by atoms with Crippen LogP contribution in [0.4, 0.5) is 0 Å². The second-order valence-electron chi connectivity index (χ2n) is 5.93. The standard InChI is InChI=1S/C18H19N5O3/c19-16(20)12-6-8-13(9-7-12)23-17-14(4-3-10-21-17)22(18(23)26)11-2-1-5-15(24)25/h3-4,6-10H,1-2,5,11H2,(H3,19,20)(H,24,25). The maximum atomic E-state index is 12.9. The van der Waals surface area contributed by atoms with Crippen molar-refractivity contribution in [2.24, 2.45) is 5.73 Å². The normalized spacial score (nSPS) is 10.9. The molecule has 0 aliphatic carbocycles. The number of rotatable bonds is 7. The topological polar surface area (TPSA) is 127 Å². The zero-order valence-corrected chi connectivity index (χ0v) is 14.1. The second kappa shape index (κ2) is 7.22. The van der Waals surface area contributed by atoms with Gasteiger partial charge in [-0.05, 0) is 49.2 Å². The van der Waals surface area contributed by atoms with Crippen LogP contribution in [-0.2, 0) is 11.3 Å². The number of nitrogen functional groups attached to an aromatic ring is 1. The maximum absolute atomic E-state index is 12.9. The second-order valence-corrected chi connectivity index (χ2v) is 5.93. The van der Waals surface area contributed by atoms with Crippen LogP contribution >= 0.6 is 0 Å². The van der Waals surface area contributed by atoms with Crippen LogP contribution in [0.5, 0.6) is 0 Å². The Balaban J connectivity index is 2.00. The summed E-state index contributed by atoms with van der Waals surface area (Å²) in [6.45, 7) is 0.423. The zero-order valence-electron chi connectivity index (χ0n) is 14.1. The minimum Gasteiger partial charge on any atom is -0.481 e. The van der Waals surface area contributed by atoms with Crippen LogP contribution in [0.2, 0.25) is 0 Å². The third-order valence-electron chi connectivity index (χ3n) is 4.15. The van der Waals surface area contributed by atoms with Gasteiger partial charge in [-0.2, -0.15) is 0 Å². The third-order valence-corrected chi connectivity index (χ3v) is 4.15. The van der Waals surface area contributed by atoms with Crippen molar-refractivity contribution in [1.29, 1.82) is 5.41 Å². The average molecular weight is 353 g/mol. The molecule has 0 atom stereocenters. The van der Waals surface area contributed by atoms with E-state index < -0.39 is 5.97 Å². The average Bonchev–Trinajstić information content (AvgIpc) is 2.90. The number of aryl methyl sites for hydroxylation is 1. The number of aliphatic carboxylic acids is 1. The molecule has 0 saturated carbocycles. The van der Waals surface area contributed by atoms with Crippen molar-refractivity contribution in [3.8, 4) is 5.69 Å². The third kappa shape index (κ3) is 3.34. The van der Waals surface area contributed by atoms with Crippen LogP contribution in [-0.4, -0.2) is 31.0 Å². The van der Waals surface area contributed by atoms with Crippen molar-refractivity contribution in [1.82, 2.24) is 14.1 Å². The van der Waals surface area contributed by atoms with Gasteiger partial charge in [0.15, 0.2) is 5.65 Å². The summed E-state index contributed by atoms with van der Waals surface area (Å²) < 4.78 is 3.12. The minimum atomic E-state index is -0.841. The molecule has 2 aromatic heterocycles. The van der Waals surface area contributed by atoms with Gasteiger partial charge in [-0.3, -0.25) is 14.8 Å². The highest BCUT2D eigenvalue weighted by Crippen LogP contribution is 2.17. The minimum absolute atomic E-state index is 0.0390. The molecule has 4 N–H and O–H groups in total. The van der Waals surface area contributed by atoms with E-state index in [9.17, 15) is 9.59 Å². The number of amidine groups is 1. The summed E-state index contributed by atoms with van der Waals surface area (Å²) in [6.07, 6.45) is 2.79. The molecular formula is C18H19N5O3. The smallest absolute Gasteiger partial charge is 0.334 e. The Morgan fingerprint density at radius 3 is 2.58 bits per heavy atom. The van der Waals surface area contributed by atoms with Crippen molar-refractivity contribution in [2.75, 3.05) is 0 Å². The number of carboxylic acid groups (broad SMARTS) is 1. The van der Waals surface area contributed by atoms with Crippen molar-refractivity contribution >= 4 is 23.0 Å². The van der Waals surface area contributed by atoms with Gasteiger partial charge in [0.1, 0.15) is 5.84 Å². The number of unbranched alkanes of at least 4 members (excludes halogenated alkanes) is 1. The van der Waals surface area contributed by atoms with Crippen LogP contribution in [0.1, 0.15) is 24.8 Å². The van der Waals surface area contributed by atoms with Gasteiger partial charge in [0, 0.05) is 24.7 Å². The SMILES string of the molecule is N=C(N)c1ccc(-n2c(=O)n(CCCCC(=O)O)c3cccnc32)cc1. The fourth-order valence-corrected chi connectivity index (χ4v) is 2.87. The van der Waals surface area contributed by atoms with E-state index in [0.717, 1.165) is 0 Å².